The van der Waals surface area contributed by atoms with Crippen molar-refractivity contribution in [2.75, 3.05) is 13.1 Å². The van der Waals surface area contributed by atoms with Crippen LogP contribution in [0.15, 0.2) is 48.5 Å². The van der Waals surface area contributed by atoms with Crippen molar-refractivity contribution in [1.82, 2.24) is 10.2 Å². The molecule has 1 aliphatic heterocycles. The molecular weight excluding hydrogens is 348 g/mol. The Labute approximate surface area is 167 Å². The average Bonchev–Trinajstić information content (AvgIpc) is 2.72. The van der Waals surface area contributed by atoms with Gasteiger partial charge in [-0.3, -0.25) is 9.59 Å². The second-order valence-corrected chi connectivity index (χ2v) is 7.90. The predicted molar refractivity (Wildman–Crippen MR) is 112 cm³/mol. The third-order valence-electron chi connectivity index (χ3n) is 5.59. The SMILES string of the molecule is Cc1ccc(CNC(=O)CCC2CCN(C(=O)c3ccc(C)cc3)CC2)cc1. The quantitative estimate of drug-likeness (QED) is 0.817. The highest BCUT2D eigenvalue weighted by molar-refractivity contribution is 5.94. The summed E-state index contributed by atoms with van der Waals surface area (Å²) >= 11 is 0. The molecule has 4 nitrogen and oxygen atoms in total. The summed E-state index contributed by atoms with van der Waals surface area (Å²) in [4.78, 5) is 26.7. The molecular formula is C24H30N2O2. The Hall–Kier alpha value is -2.62. The zero-order chi connectivity index (χ0) is 19.9. The second kappa shape index (κ2) is 9.54. The van der Waals surface area contributed by atoms with Crippen molar-refractivity contribution in [3.63, 3.8) is 0 Å². The Balaban J connectivity index is 1.37. The highest BCUT2D eigenvalue weighted by Crippen LogP contribution is 2.23. The molecule has 3 rings (SSSR count). The maximum absolute atomic E-state index is 12.6. The van der Waals surface area contributed by atoms with E-state index in [0.717, 1.165) is 49.0 Å². The van der Waals surface area contributed by atoms with E-state index in [4.69, 9.17) is 0 Å². The first kappa shape index (κ1) is 20.1. The van der Waals surface area contributed by atoms with Crippen LogP contribution in [0.25, 0.3) is 0 Å². The summed E-state index contributed by atoms with van der Waals surface area (Å²) in [6.45, 7) is 6.23. The molecule has 0 saturated carbocycles. The fourth-order valence-corrected chi connectivity index (χ4v) is 3.63. The number of carbonyl (C=O) groups is 2. The molecule has 0 atom stereocenters. The van der Waals surface area contributed by atoms with Gasteiger partial charge in [0.25, 0.3) is 5.91 Å². The van der Waals surface area contributed by atoms with Crippen molar-refractivity contribution in [2.45, 2.75) is 46.1 Å². The number of hydrogen-bond acceptors (Lipinski definition) is 2. The van der Waals surface area contributed by atoms with E-state index in [-0.39, 0.29) is 11.8 Å². The molecule has 1 fully saturated rings. The van der Waals surface area contributed by atoms with E-state index in [1.807, 2.05) is 36.1 Å². The van der Waals surface area contributed by atoms with Crippen LogP contribution in [-0.2, 0) is 11.3 Å². The molecule has 2 aromatic carbocycles. The second-order valence-electron chi connectivity index (χ2n) is 7.90. The molecule has 0 bridgehead atoms. The van der Waals surface area contributed by atoms with E-state index in [1.54, 1.807) is 0 Å². The summed E-state index contributed by atoms with van der Waals surface area (Å²) in [5.41, 5.74) is 4.28. The van der Waals surface area contributed by atoms with Crippen LogP contribution in [0, 0.1) is 19.8 Å². The van der Waals surface area contributed by atoms with Gasteiger partial charge in [-0.25, -0.2) is 0 Å². The minimum atomic E-state index is 0.110. The maximum Gasteiger partial charge on any atom is 0.253 e. The van der Waals surface area contributed by atoms with E-state index in [1.165, 1.54) is 5.56 Å². The number of benzene rings is 2. The first-order chi connectivity index (χ1) is 13.5. The van der Waals surface area contributed by atoms with Crippen LogP contribution in [0.1, 0.15) is 52.7 Å². The van der Waals surface area contributed by atoms with Gasteiger partial charge in [0.1, 0.15) is 0 Å². The molecule has 1 N–H and O–H groups in total. The van der Waals surface area contributed by atoms with Crippen molar-refractivity contribution in [3.05, 3.63) is 70.8 Å². The lowest BCUT2D eigenvalue weighted by Gasteiger charge is -2.32. The lowest BCUT2D eigenvalue weighted by molar-refractivity contribution is -0.121. The van der Waals surface area contributed by atoms with Gasteiger partial charge < -0.3 is 10.2 Å². The van der Waals surface area contributed by atoms with E-state index in [9.17, 15) is 9.59 Å². The highest BCUT2D eigenvalue weighted by Gasteiger charge is 2.23. The number of carbonyl (C=O) groups excluding carboxylic acids is 2. The molecule has 4 heteroatoms. The van der Waals surface area contributed by atoms with Crippen molar-refractivity contribution < 1.29 is 9.59 Å². The Kier molecular flexibility index (Phi) is 6.85. The highest BCUT2D eigenvalue weighted by atomic mass is 16.2. The third-order valence-corrected chi connectivity index (χ3v) is 5.59. The Bertz CT molecular complexity index is 788. The van der Waals surface area contributed by atoms with Crippen molar-refractivity contribution in [1.29, 1.82) is 0 Å². The number of nitrogens with one attached hydrogen (secondary N) is 1. The molecule has 0 aliphatic carbocycles. The van der Waals surface area contributed by atoms with Gasteiger partial charge in [-0.1, -0.05) is 47.5 Å². The van der Waals surface area contributed by atoms with Crippen molar-refractivity contribution in [2.24, 2.45) is 5.92 Å². The molecule has 2 amide bonds. The minimum Gasteiger partial charge on any atom is -0.352 e. The van der Waals surface area contributed by atoms with Crippen LogP contribution in [0.3, 0.4) is 0 Å². The standard InChI is InChI=1S/C24H30N2O2/c1-18-3-7-21(8-4-18)17-25-23(27)12-9-20-13-15-26(16-14-20)24(28)22-10-5-19(2)6-11-22/h3-8,10-11,20H,9,12-17H2,1-2H3,(H,25,27). The summed E-state index contributed by atoms with van der Waals surface area (Å²) in [5, 5.41) is 3.01. The van der Waals surface area contributed by atoms with Gasteiger partial charge in [-0.2, -0.15) is 0 Å². The minimum absolute atomic E-state index is 0.110. The Morgan fingerprint density at radius 2 is 1.50 bits per heavy atom. The first-order valence-electron chi connectivity index (χ1n) is 10.2. The topological polar surface area (TPSA) is 49.4 Å². The van der Waals surface area contributed by atoms with E-state index in [0.29, 0.717) is 18.9 Å². The van der Waals surface area contributed by atoms with Gasteiger partial charge in [0.15, 0.2) is 0 Å². The van der Waals surface area contributed by atoms with E-state index in [2.05, 4.69) is 36.5 Å². The number of hydrogen-bond donors (Lipinski definition) is 1. The van der Waals surface area contributed by atoms with Crippen LogP contribution in [0.5, 0.6) is 0 Å². The molecule has 1 heterocycles. The van der Waals surface area contributed by atoms with Crippen LogP contribution in [-0.4, -0.2) is 29.8 Å². The van der Waals surface area contributed by atoms with Crippen LogP contribution >= 0.6 is 0 Å². The summed E-state index contributed by atoms with van der Waals surface area (Å²) in [6.07, 6.45) is 3.40. The first-order valence-corrected chi connectivity index (χ1v) is 10.2. The number of rotatable bonds is 6. The zero-order valence-corrected chi connectivity index (χ0v) is 16.9. The van der Waals surface area contributed by atoms with E-state index < -0.39 is 0 Å². The number of amides is 2. The fourth-order valence-electron chi connectivity index (χ4n) is 3.63. The normalized spacial score (nSPS) is 14.7. The monoisotopic (exact) mass is 378 g/mol. The molecule has 0 spiro atoms. The van der Waals surface area contributed by atoms with Gasteiger partial charge in [0, 0.05) is 31.6 Å². The summed E-state index contributed by atoms with van der Waals surface area (Å²) in [5.74, 6) is 0.750. The Morgan fingerprint density at radius 1 is 0.929 bits per heavy atom. The van der Waals surface area contributed by atoms with Crippen LogP contribution < -0.4 is 5.32 Å². The molecule has 0 unspecified atom stereocenters. The van der Waals surface area contributed by atoms with E-state index >= 15 is 0 Å². The van der Waals surface area contributed by atoms with Gasteiger partial charge >= 0.3 is 0 Å². The molecule has 0 aromatic heterocycles. The van der Waals surface area contributed by atoms with Gasteiger partial charge in [0.2, 0.25) is 5.91 Å². The maximum atomic E-state index is 12.6. The average molecular weight is 379 g/mol. The third kappa shape index (κ3) is 5.69. The fraction of sp³-hybridized carbons (Fsp3) is 0.417. The summed E-state index contributed by atoms with van der Waals surface area (Å²) in [6, 6.07) is 16.0. The molecule has 1 aliphatic rings. The van der Waals surface area contributed by atoms with Gasteiger partial charge in [-0.05, 0) is 56.7 Å². The molecule has 2 aromatic rings. The number of likely N-dealkylation sites (tertiary alicyclic amines) is 1. The van der Waals surface area contributed by atoms with Crippen molar-refractivity contribution >= 4 is 11.8 Å². The number of piperidine rings is 1. The lowest BCUT2D eigenvalue weighted by atomic mass is 9.91. The number of nitrogens with zero attached hydrogens (tertiary/aromatic N) is 1. The van der Waals surface area contributed by atoms with Crippen molar-refractivity contribution in [3.8, 4) is 0 Å². The smallest absolute Gasteiger partial charge is 0.253 e. The van der Waals surface area contributed by atoms with Crippen LogP contribution in [0.2, 0.25) is 0 Å². The van der Waals surface area contributed by atoms with Gasteiger partial charge in [-0.15, -0.1) is 0 Å². The molecule has 148 valence electrons. The lowest BCUT2D eigenvalue weighted by Crippen LogP contribution is -2.38. The molecule has 28 heavy (non-hydrogen) atoms. The largest absolute Gasteiger partial charge is 0.352 e. The van der Waals surface area contributed by atoms with Crippen LogP contribution in [0.4, 0.5) is 0 Å². The summed E-state index contributed by atoms with van der Waals surface area (Å²) in [7, 11) is 0. The predicted octanol–water partition coefficient (Wildman–Crippen LogP) is 4.25. The Morgan fingerprint density at radius 3 is 2.11 bits per heavy atom. The zero-order valence-electron chi connectivity index (χ0n) is 16.9. The molecule has 0 radical (unpaired) electrons. The molecule has 1 saturated heterocycles. The summed E-state index contributed by atoms with van der Waals surface area (Å²) < 4.78 is 0. The number of aryl methyl sites for hydroxylation is 2. The van der Waals surface area contributed by atoms with Gasteiger partial charge in [0.05, 0.1) is 0 Å².